The molecule has 24 heavy (non-hydrogen) atoms. The molecule has 1 aliphatic rings. The van der Waals surface area contributed by atoms with Crippen LogP contribution in [0.1, 0.15) is 24.8 Å². The number of rotatable bonds is 5. The van der Waals surface area contributed by atoms with Crippen LogP contribution in [0, 0.1) is 11.7 Å². The van der Waals surface area contributed by atoms with E-state index in [1.807, 2.05) is 11.0 Å². The monoisotopic (exact) mass is 334 g/mol. The number of nitrogens with one attached hydrogen (secondary N) is 1. The number of carbonyl (C=O) groups is 1. The number of aromatic amines is 1. The first-order chi connectivity index (χ1) is 11.6. The Labute approximate surface area is 138 Å². The first-order valence-corrected chi connectivity index (χ1v) is 8.20. The standard InChI is InChI=1S/C17H20FN3O3/c18-15-5-1-3-13(9-15)6-7-14-4-2-8-20(10-14)16(22)11-21-12-17(23)24-19-21/h1,3,5,9,12,14H,2,4,6-8,10-11H2/p+1/t14-/m1/s1. The fourth-order valence-electron chi connectivity index (χ4n) is 3.20. The number of aryl methyl sites for hydroxylation is 1. The van der Waals surface area contributed by atoms with Crippen molar-refractivity contribution in [3.63, 3.8) is 0 Å². The second-order valence-corrected chi connectivity index (χ2v) is 6.29. The van der Waals surface area contributed by atoms with Crippen molar-refractivity contribution in [2.45, 2.75) is 32.2 Å². The van der Waals surface area contributed by atoms with Gasteiger partial charge in [-0.25, -0.2) is 9.18 Å². The molecule has 0 unspecified atom stereocenters. The number of amides is 1. The number of hydrogen-bond acceptors (Lipinski definition) is 3. The fourth-order valence-corrected chi connectivity index (χ4v) is 3.20. The van der Waals surface area contributed by atoms with E-state index in [1.165, 1.54) is 16.9 Å². The van der Waals surface area contributed by atoms with Gasteiger partial charge in [-0.1, -0.05) is 16.8 Å². The molecular weight excluding hydrogens is 313 g/mol. The van der Waals surface area contributed by atoms with Crippen LogP contribution in [0.25, 0.3) is 0 Å². The van der Waals surface area contributed by atoms with Crippen molar-refractivity contribution < 1.29 is 18.4 Å². The molecule has 7 heteroatoms. The molecule has 1 N–H and O–H groups in total. The van der Waals surface area contributed by atoms with Crippen LogP contribution in [0.2, 0.25) is 0 Å². The van der Waals surface area contributed by atoms with Crippen molar-refractivity contribution in [3.8, 4) is 0 Å². The van der Waals surface area contributed by atoms with Crippen LogP contribution in [0.3, 0.4) is 0 Å². The summed E-state index contributed by atoms with van der Waals surface area (Å²) < 4.78 is 19.1. The maximum absolute atomic E-state index is 13.2. The van der Waals surface area contributed by atoms with Crippen molar-refractivity contribution in [2.75, 3.05) is 13.1 Å². The number of likely N-dealkylation sites (tertiary alicyclic amines) is 1. The molecule has 0 bridgehead atoms. The van der Waals surface area contributed by atoms with Gasteiger partial charge >= 0.3 is 5.63 Å². The van der Waals surface area contributed by atoms with E-state index in [1.54, 1.807) is 12.1 Å². The maximum Gasteiger partial charge on any atom is 0.426 e. The zero-order valence-corrected chi connectivity index (χ0v) is 13.4. The SMILES string of the molecule is O=C(C[n+]1cc(=O)o[nH]1)N1CCC[C@H](CCc2cccc(F)c2)C1. The molecule has 128 valence electrons. The minimum absolute atomic E-state index is 0.0347. The number of halogens is 1. The van der Waals surface area contributed by atoms with Gasteiger partial charge in [0.2, 0.25) is 0 Å². The molecular formula is C17H21FN3O3+. The zero-order chi connectivity index (χ0) is 16.9. The van der Waals surface area contributed by atoms with Crippen molar-refractivity contribution >= 4 is 5.91 Å². The molecule has 2 heterocycles. The third kappa shape index (κ3) is 4.31. The highest BCUT2D eigenvalue weighted by molar-refractivity contribution is 5.74. The number of piperidine rings is 1. The third-order valence-electron chi connectivity index (χ3n) is 4.43. The van der Waals surface area contributed by atoms with Gasteiger partial charge in [0.25, 0.3) is 18.6 Å². The smallest absolute Gasteiger partial charge is 0.337 e. The second kappa shape index (κ2) is 7.42. The van der Waals surface area contributed by atoms with Gasteiger partial charge in [-0.05, 0) is 54.6 Å². The Balaban J connectivity index is 1.52. The average Bonchev–Trinajstić information content (AvgIpc) is 2.98. The summed E-state index contributed by atoms with van der Waals surface area (Å²) >= 11 is 0. The Morgan fingerprint density at radius 3 is 3.08 bits per heavy atom. The lowest BCUT2D eigenvalue weighted by Crippen LogP contribution is -2.48. The van der Waals surface area contributed by atoms with E-state index in [4.69, 9.17) is 0 Å². The van der Waals surface area contributed by atoms with Crippen LogP contribution in [-0.4, -0.2) is 29.2 Å². The predicted octanol–water partition coefficient (Wildman–Crippen LogP) is 1.27. The summed E-state index contributed by atoms with van der Waals surface area (Å²) in [5, 5.41) is 2.38. The number of carbonyl (C=O) groups excluding carboxylic acids is 1. The largest absolute Gasteiger partial charge is 0.426 e. The van der Waals surface area contributed by atoms with Crippen LogP contribution in [0.5, 0.6) is 0 Å². The van der Waals surface area contributed by atoms with E-state index in [2.05, 4.69) is 9.79 Å². The summed E-state index contributed by atoms with van der Waals surface area (Å²) in [4.78, 5) is 25.1. The third-order valence-corrected chi connectivity index (χ3v) is 4.43. The van der Waals surface area contributed by atoms with Gasteiger partial charge in [0.15, 0.2) is 0 Å². The Kier molecular flexibility index (Phi) is 5.08. The first kappa shape index (κ1) is 16.4. The highest BCUT2D eigenvalue weighted by atomic mass is 19.1. The summed E-state index contributed by atoms with van der Waals surface area (Å²) in [6.45, 7) is 1.51. The number of benzene rings is 1. The van der Waals surface area contributed by atoms with Gasteiger partial charge in [-0.2, -0.15) is 0 Å². The van der Waals surface area contributed by atoms with Crippen LogP contribution in [-0.2, 0) is 17.8 Å². The summed E-state index contributed by atoms with van der Waals surface area (Å²) in [6, 6.07) is 6.67. The Morgan fingerprint density at radius 1 is 1.46 bits per heavy atom. The van der Waals surface area contributed by atoms with Gasteiger partial charge in [0, 0.05) is 13.1 Å². The number of aromatic nitrogens is 2. The molecule has 0 saturated carbocycles. The number of nitrogens with zero attached hydrogens (tertiary/aromatic N) is 2. The lowest BCUT2D eigenvalue weighted by atomic mass is 9.91. The average molecular weight is 334 g/mol. The van der Waals surface area contributed by atoms with E-state index in [0.717, 1.165) is 37.8 Å². The molecule has 1 aromatic carbocycles. The quantitative estimate of drug-likeness (QED) is 0.837. The first-order valence-electron chi connectivity index (χ1n) is 8.20. The van der Waals surface area contributed by atoms with Gasteiger partial charge in [-0.3, -0.25) is 9.32 Å². The molecule has 1 aliphatic heterocycles. The van der Waals surface area contributed by atoms with E-state index in [-0.39, 0.29) is 18.3 Å². The molecule has 0 spiro atoms. The summed E-state index contributed by atoms with van der Waals surface area (Å²) in [5.41, 5.74) is 0.486. The van der Waals surface area contributed by atoms with Crippen molar-refractivity contribution in [1.29, 1.82) is 0 Å². The Morgan fingerprint density at radius 2 is 2.33 bits per heavy atom. The molecule has 0 aliphatic carbocycles. The highest BCUT2D eigenvalue weighted by Crippen LogP contribution is 2.22. The molecule has 2 aromatic rings. The van der Waals surface area contributed by atoms with E-state index in [0.29, 0.717) is 12.5 Å². The molecule has 3 rings (SSSR count). The topological polar surface area (TPSA) is 70.2 Å². The van der Waals surface area contributed by atoms with Gasteiger partial charge < -0.3 is 4.90 Å². The summed E-state index contributed by atoms with van der Waals surface area (Å²) in [5.74, 6) is 0.172. The van der Waals surface area contributed by atoms with Gasteiger partial charge in [0.05, 0.1) is 0 Å². The second-order valence-electron chi connectivity index (χ2n) is 6.29. The van der Waals surface area contributed by atoms with Crippen LogP contribution in [0.15, 0.2) is 39.8 Å². The molecule has 1 saturated heterocycles. The minimum atomic E-state index is -0.505. The lowest BCUT2D eigenvalue weighted by Gasteiger charge is -2.32. The minimum Gasteiger partial charge on any atom is -0.337 e. The molecule has 1 amide bonds. The summed E-state index contributed by atoms with van der Waals surface area (Å²) in [6.07, 6.45) is 5.02. The van der Waals surface area contributed by atoms with E-state index in [9.17, 15) is 14.0 Å². The Bertz CT molecular complexity index is 755. The maximum atomic E-state index is 13.2. The molecule has 1 aromatic heterocycles. The lowest BCUT2D eigenvalue weighted by molar-refractivity contribution is -0.751. The van der Waals surface area contributed by atoms with E-state index >= 15 is 0 Å². The number of hydrogen-bond donors (Lipinski definition) is 1. The fraction of sp³-hybridized carbons (Fsp3) is 0.471. The molecule has 1 fully saturated rings. The van der Waals surface area contributed by atoms with Gasteiger partial charge in [0.1, 0.15) is 5.82 Å². The molecule has 6 nitrogen and oxygen atoms in total. The van der Waals surface area contributed by atoms with Gasteiger partial charge in [-0.15, -0.1) is 0 Å². The summed E-state index contributed by atoms with van der Waals surface area (Å²) in [7, 11) is 0. The highest BCUT2D eigenvalue weighted by Gasteiger charge is 2.26. The molecule has 0 radical (unpaired) electrons. The van der Waals surface area contributed by atoms with Crippen LogP contribution < -0.4 is 10.3 Å². The van der Waals surface area contributed by atoms with E-state index < -0.39 is 5.63 Å². The molecule has 1 atom stereocenters. The zero-order valence-electron chi connectivity index (χ0n) is 13.4. The number of H-pyrrole nitrogens is 1. The van der Waals surface area contributed by atoms with Crippen molar-refractivity contribution in [1.82, 2.24) is 10.2 Å². The predicted molar refractivity (Wildman–Crippen MR) is 83.5 cm³/mol. The van der Waals surface area contributed by atoms with Crippen molar-refractivity contribution in [3.05, 3.63) is 52.3 Å². The van der Waals surface area contributed by atoms with Crippen LogP contribution >= 0.6 is 0 Å². The normalized spacial score (nSPS) is 17.9. The van der Waals surface area contributed by atoms with Crippen molar-refractivity contribution in [2.24, 2.45) is 5.92 Å². The Hall–Kier alpha value is -2.44. The van der Waals surface area contributed by atoms with Crippen LogP contribution in [0.4, 0.5) is 4.39 Å².